The summed E-state index contributed by atoms with van der Waals surface area (Å²) in [4.78, 5) is 29.2. The van der Waals surface area contributed by atoms with Crippen molar-refractivity contribution in [3.05, 3.63) is 24.3 Å². The van der Waals surface area contributed by atoms with Crippen LogP contribution in [-0.4, -0.2) is 74.5 Å². The van der Waals surface area contributed by atoms with Crippen molar-refractivity contribution >= 4 is 12.2 Å². The Balaban J connectivity index is 4.11. The van der Waals surface area contributed by atoms with Crippen LogP contribution < -0.4 is 11.5 Å². The van der Waals surface area contributed by atoms with Crippen LogP contribution in [0.3, 0.4) is 0 Å². The normalized spacial score (nSPS) is 11.5. The van der Waals surface area contributed by atoms with E-state index in [0.29, 0.717) is 52.5 Å². The van der Waals surface area contributed by atoms with E-state index in [-0.39, 0.29) is 12.2 Å². The quantitative estimate of drug-likeness (QED) is 0.0480. The molecule has 0 saturated heterocycles. The Kier molecular flexibility index (Phi) is 40.0. The fraction of sp³-hybridized carbons (Fsp3) is 0.864. The number of hydrogen-bond acceptors (Lipinski definition) is 6. The Morgan fingerprint density at radius 2 is 0.692 bits per heavy atom. The lowest BCUT2D eigenvalue weighted by molar-refractivity contribution is 0.0939. The Hall–Kier alpha value is -2.06. The van der Waals surface area contributed by atoms with E-state index < -0.39 is 0 Å². The van der Waals surface area contributed by atoms with E-state index in [2.05, 4.69) is 38.2 Å². The summed E-state index contributed by atoms with van der Waals surface area (Å²) in [6.45, 7) is 8.90. The Morgan fingerprint density at radius 3 is 1.02 bits per heavy atom. The van der Waals surface area contributed by atoms with Gasteiger partial charge < -0.3 is 30.7 Å². The van der Waals surface area contributed by atoms with Gasteiger partial charge in [-0.15, -0.1) is 0 Å². The van der Waals surface area contributed by atoms with Gasteiger partial charge in [-0.2, -0.15) is 0 Å². The summed E-state index contributed by atoms with van der Waals surface area (Å²) in [6, 6.07) is 0. The van der Waals surface area contributed by atoms with Gasteiger partial charge >= 0.3 is 12.2 Å². The molecule has 0 aliphatic rings. The number of nitrogens with zero attached hydrogens (tertiary/aromatic N) is 2. The maximum atomic E-state index is 12.8. The number of ether oxygens (including phenoxy) is 2. The van der Waals surface area contributed by atoms with E-state index in [1.54, 1.807) is 9.80 Å². The van der Waals surface area contributed by atoms with Gasteiger partial charge in [0, 0.05) is 26.2 Å². The first kappa shape index (κ1) is 49.9. The lowest BCUT2D eigenvalue weighted by Gasteiger charge is -2.24. The van der Waals surface area contributed by atoms with Crippen LogP contribution in [0.15, 0.2) is 24.3 Å². The van der Waals surface area contributed by atoms with Gasteiger partial charge in [0.15, 0.2) is 0 Å². The van der Waals surface area contributed by atoms with E-state index in [9.17, 15) is 9.59 Å². The number of amides is 2. The molecule has 0 unspecified atom stereocenters. The predicted molar refractivity (Wildman–Crippen MR) is 223 cm³/mol. The van der Waals surface area contributed by atoms with E-state index in [4.69, 9.17) is 20.9 Å². The van der Waals surface area contributed by atoms with Crippen LogP contribution in [0.25, 0.3) is 0 Å². The molecule has 0 fully saturated rings. The highest BCUT2D eigenvalue weighted by Gasteiger charge is 2.17. The summed E-state index contributed by atoms with van der Waals surface area (Å²) in [7, 11) is 0. The number of carbonyl (C=O) groups excluding carboxylic acids is 2. The molecule has 0 aromatic heterocycles. The van der Waals surface area contributed by atoms with Crippen LogP contribution in [0.5, 0.6) is 0 Å². The topological polar surface area (TPSA) is 111 Å². The average molecular weight is 735 g/mol. The van der Waals surface area contributed by atoms with Gasteiger partial charge in [-0.25, -0.2) is 9.59 Å². The van der Waals surface area contributed by atoms with Crippen LogP contribution >= 0.6 is 0 Å². The van der Waals surface area contributed by atoms with Gasteiger partial charge in [-0.05, 0) is 103 Å². The largest absolute Gasteiger partial charge is 0.449 e. The number of nitrogens with two attached hydrogens (primary N) is 2. The summed E-state index contributed by atoms with van der Waals surface area (Å²) < 4.78 is 11.3. The molecule has 0 aliphatic heterocycles. The van der Waals surface area contributed by atoms with Crippen molar-refractivity contribution in [3.63, 3.8) is 0 Å². The zero-order valence-electron chi connectivity index (χ0n) is 34.4. The molecule has 306 valence electrons. The number of carbonyl (C=O) groups is 2. The van der Waals surface area contributed by atoms with Crippen molar-refractivity contribution < 1.29 is 19.1 Å². The van der Waals surface area contributed by atoms with E-state index in [1.165, 1.54) is 128 Å². The van der Waals surface area contributed by atoms with Gasteiger partial charge in [-0.3, -0.25) is 0 Å². The van der Waals surface area contributed by atoms with Gasteiger partial charge in [0.25, 0.3) is 0 Å². The fourth-order valence-corrected chi connectivity index (χ4v) is 6.25. The average Bonchev–Trinajstić information content (AvgIpc) is 3.15. The molecule has 0 spiro atoms. The molecule has 0 bridgehead atoms. The van der Waals surface area contributed by atoms with E-state index in [1.807, 2.05) is 0 Å². The zero-order chi connectivity index (χ0) is 38.0. The molecule has 8 nitrogen and oxygen atoms in total. The highest BCUT2D eigenvalue weighted by atomic mass is 16.6. The molecular weight excluding hydrogens is 649 g/mol. The predicted octanol–water partition coefficient (Wildman–Crippen LogP) is 11.9. The molecule has 0 rings (SSSR count). The van der Waals surface area contributed by atoms with Crippen LogP contribution in [0.2, 0.25) is 0 Å². The van der Waals surface area contributed by atoms with Crippen molar-refractivity contribution in [2.24, 2.45) is 11.5 Å². The SMILES string of the molecule is CCCCCC/C=C/CCCCCCCCOC(=O)N(CCCN)CCCCN(CCCN)C(=O)OCCCCCCCC/C=C/CCCCCC. The second-order valence-corrected chi connectivity index (χ2v) is 14.7. The molecule has 0 aliphatic carbocycles. The number of hydrogen-bond donors (Lipinski definition) is 2. The first-order valence-corrected chi connectivity index (χ1v) is 22.1. The van der Waals surface area contributed by atoms with Crippen molar-refractivity contribution in [3.8, 4) is 0 Å². The Bertz CT molecular complexity index is 756. The third-order valence-corrected chi connectivity index (χ3v) is 9.65. The molecule has 0 aromatic carbocycles. The van der Waals surface area contributed by atoms with Gasteiger partial charge in [0.05, 0.1) is 13.2 Å². The number of allylic oxidation sites excluding steroid dienone is 4. The number of rotatable bonds is 39. The minimum atomic E-state index is -0.251. The van der Waals surface area contributed by atoms with Crippen molar-refractivity contribution in [2.75, 3.05) is 52.5 Å². The number of unbranched alkanes of at least 4 members (excludes halogenated alkanes) is 21. The molecule has 0 aromatic rings. The smallest absolute Gasteiger partial charge is 0.409 e. The lowest BCUT2D eigenvalue weighted by Crippen LogP contribution is -2.36. The first-order valence-electron chi connectivity index (χ1n) is 22.1. The third-order valence-electron chi connectivity index (χ3n) is 9.65. The third kappa shape index (κ3) is 35.0. The standard InChI is InChI=1S/C44H86N4O4/c1-3-5-7-9-11-13-15-17-19-21-23-25-27-31-41-51-43(49)47(39-33-35-45)37-29-30-38-48(40-34-36-46)44(50)52-42-32-28-26-24-22-20-18-16-14-12-10-8-6-4-2/h13-16H,3-12,17-42,45-46H2,1-2H3/b15-13+,16-14+. The summed E-state index contributed by atoms with van der Waals surface area (Å²) >= 11 is 0. The van der Waals surface area contributed by atoms with Crippen molar-refractivity contribution in [1.29, 1.82) is 0 Å². The van der Waals surface area contributed by atoms with Crippen molar-refractivity contribution in [1.82, 2.24) is 9.80 Å². The monoisotopic (exact) mass is 735 g/mol. The second kappa shape index (κ2) is 41.7. The summed E-state index contributed by atoms with van der Waals surface area (Å²) in [5.74, 6) is 0. The molecule has 0 radical (unpaired) electrons. The maximum Gasteiger partial charge on any atom is 0.409 e. The minimum absolute atomic E-state index is 0.251. The molecular formula is C44H86N4O4. The van der Waals surface area contributed by atoms with E-state index in [0.717, 1.165) is 51.4 Å². The second-order valence-electron chi connectivity index (χ2n) is 14.7. The van der Waals surface area contributed by atoms with Crippen molar-refractivity contribution in [2.45, 2.75) is 194 Å². The van der Waals surface area contributed by atoms with Crippen LogP contribution in [-0.2, 0) is 9.47 Å². The van der Waals surface area contributed by atoms with E-state index >= 15 is 0 Å². The highest BCUT2D eigenvalue weighted by molar-refractivity contribution is 5.68. The summed E-state index contributed by atoms with van der Waals surface area (Å²) in [5, 5.41) is 0. The van der Waals surface area contributed by atoms with Gasteiger partial charge in [0.2, 0.25) is 0 Å². The molecule has 8 heteroatoms. The van der Waals surface area contributed by atoms with Crippen LogP contribution in [0.1, 0.15) is 194 Å². The molecule has 52 heavy (non-hydrogen) atoms. The van der Waals surface area contributed by atoms with Gasteiger partial charge in [0.1, 0.15) is 0 Å². The molecule has 4 N–H and O–H groups in total. The lowest BCUT2D eigenvalue weighted by atomic mass is 10.1. The Labute approximate surface area is 322 Å². The summed E-state index contributed by atoms with van der Waals surface area (Å²) in [6.07, 6.45) is 41.4. The van der Waals surface area contributed by atoms with Crippen LogP contribution in [0.4, 0.5) is 9.59 Å². The summed E-state index contributed by atoms with van der Waals surface area (Å²) in [5.41, 5.74) is 11.5. The fourth-order valence-electron chi connectivity index (χ4n) is 6.25. The Morgan fingerprint density at radius 1 is 0.404 bits per heavy atom. The highest BCUT2D eigenvalue weighted by Crippen LogP contribution is 2.12. The maximum absolute atomic E-state index is 12.8. The van der Waals surface area contributed by atoms with Gasteiger partial charge in [-0.1, -0.05) is 128 Å². The molecule has 0 atom stereocenters. The zero-order valence-corrected chi connectivity index (χ0v) is 34.4. The minimum Gasteiger partial charge on any atom is -0.449 e. The molecule has 2 amide bonds. The molecule has 0 saturated carbocycles. The van der Waals surface area contributed by atoms with Crippen LogP contribution in [0, 0.1) is 0 Å². The first-order chi connectivity index (χ1) is 25.6. The molecule has 0 heterocycles.